The Bertz CT molecular complexity index is 6820. The Balaban J connectivity index is 0.000000143. The third-order valence-corrected chi connectivity index (χ3v) is 24.6. The van der Waals surface area contributed by atoms with E-state index in [4.69, 9.17) is 4.42 Å². The zero-order chi connectivity index (χ0) is 75.5. The Labute approximate surface area is 668 Å². The minimum absolute atomic E-state index is 0.429. The van der Waals surface area contributed by atoms with E-state index in [0.717, 1.165) is 67.2 Å². The topological polar surface area (TPSA) is 19.6 Å². The molecule has 536 valence electrons. The molecule has 0 N–H and O–H groups in total. The van der Waals surface area contributed by atoms with Crippen molar-refractivity contribution in [2.45, 2.75) is 10.8 Å². The number of anilines is 6. The molecule has 0 aliphatic heterocycles. The van der Waals surface area contributed by atoms with Crippen molar-refractivity contribution in [3.8, 4) is 66.8 Å². The maximum Gasteiger partial charge on any atom is 0.159 e. The third kappa shape index (κ3) is 11.3. The fourth-order valence-electron chi connectivity index (χ4n) is 18.5. The van der Waals surface area contributed by atoms with Crippen molar-refractivity contribution in [1.82, 2.24) is 0 Å². The quantitative estimate of drug-likeness (QED) is 0.108. The molecule has 2 aliphatic carbocycles. The first-order chi connectivity index (χ1) is 56.5. The fraction of sp³-hybridized carbons (Fsp3) is 0.0182. The minimum Gasteiger partial charge on any atom is -0.453 e. The van der Waals surface area contributed by atoms with Crippen LogP contribution in [0.2, 0.25) is 0 Å². The summed E-state index contributed by atoms with van der Waals surface area (Å²) in [5, 5.41) is 4.75. The van der Waals surface area contributed by atoms with Crippen LogP contribution >= 0.6 is 11.3 Å². The van der Waals surface area contributed by atoms with Crippen molar-refractivity contribution < 1.29 is 4.42 Å². The smallest absolute Gasteiger partial charge is 0.159 e. The van der Waals surface area contributed by atoms with Gasteiger partial charge in [-0.1, -0.05) is 364 Å². The third-order valence-electron chi connectivity index (χ3n) is 23.5. The molecule has 114 heavy (non-hydrogen) atoms. The van der Waals surface area contributed by atoms with E-state index in [1.807, 2.05) is 11.3 Å². The fourth-order valence-corrected chi connectivity index (χ4v) is 19.6. The largest absolute Gasteiger partial charge is 0.453 e. The van der Waals surface area contributed by atoms with Crippen LogP contribution in [0.1, 0.15) is 44.5 Å². The molecule has 18 aromatic carbocycles. The molecule has 0 saturated carbocycles. The zero-order valence-corrected chi connectivity index (χ0v) is 63.3. The summed E-state index contributed by atoms with van der Waals surface area (Å²) in [7, 11) is 0. The van der Waals surface area contributed by atoms with Gasteiger partial charge in [0.1, 0.15) is 5.58 Å². The second-order valence-corrected chi connectivity index (χ2v) is 30.8. The van der Waals surface area contributed by atoms with Gasteiger partial charge in [0.2, 0.25) is 0 Å². The highest BCUT2D eigenvalue weighted by molar-refractivity contribution is 7.25. The summed E-state index contributed by atoms with van der Waals surface area (Å²) in [5.74, 6) is 0. The summed E-state index contributed by atoms with van der Waals surface area (Å²) >= 11 is 1.87. The van der Waals surface area contributed by atoms with Gasteiger partial charge in [-0.15, -0.1) is 11.3 Å². The van der Waals surface area contributed by atoms with Crippen molar-refractivity contribution in [2.24, 2.45) is 0 Å². The first-order valence-corrected chi connectivity index (χ1v) is 40.0. The predicted octanol–water partition coefficient (Wildman–Crippen LogP) is 30.0. The van der Waals surface area contributed by atoms with E-state index in [2.05, 4.69) is 459 Å². The van der Waals surface area contributed by atoms with E-state index in [-0.39, 0.29) is 0 Å². The van der Waals surface area contributed by atoms with E-state index in [0.29, 0.717) is 0 Å². The average Bonchev–Trinajstić information content (AvgIpc) is 1.53. The van der Waals surface area contributed by atoms with Gasteiger partial charge in [-0.3, -0.25) is 0 Å². The summed E-state index contributed by atoms with van der Waals surface area (Å²) in [6.45, 7) is 0. The molecule has 2 heterocycles. The molecule has 4 heteroatoms. The lowest BCUT2D eigenvalue weighted by Gasteiger charge is -2.34. The van der Waals surface area contributed by atoms with Crippen LogP contribution in [0, 0.1) is 0 Å². The van der Waals surface area contributed by atoms with Crippen molar-refractivity contribution in [1.29, 1.82) is 0 Å². The number of benzene rings is 18. The molecule has 0 bridgehead atoms. The van der Waals surface area contributed by atoms with Crippen LogP contribution < -0.4 is 9.80 Å². The van der Waals surface area contributed by atoms with Gasteiger partial charge in [0.05, 0.1) is 16.5 Å². The number of nitrogens with zero attached hydrogens (tertiary/aromatic N) is 2. The summed E-state index contributed by atoms with van der Waals surface area (Å²) < 4.78 is 9.92. The molecule has 0 amide bonds. The van der Waals surface area contributed by atoms with E-state index < -0.39 is 10.8 Å². The molecule has 0 saturated heterocycles. The molecule has 2 aliphatic rings. The maximum absolute atomic E-state index is 7.37. The molecule has 2 aromatic heterocycles. The van der Waals surface area contributed by atoms with E-state index in [1.165, 1.54) is 120 Å². The highest BCUT2D eigenvalue weighted by Crippen LogP contribution is 2.60. The maximum atomic E-state index is 7.37. The number of fused-ring (bicyclic) bond motifs is 12. The van der Waals surface area contributed by atoms with Gasteiger partial charge >= 0.3 is 0 Å². The highest BCUT2D eigenvalue weighted by atomic mass is 32.1. The lowest BCUT2D eigenvalue weighted by molar-refractivity contribution is 0.648. The molecule has 0 unspecified atom stereocenters. The van der Waals surface area contributed by atoms with Gasteiger partial charge < -0.3 is 14.2 Å². The van der Waals surface area contributed by atoms with Crippen LogP contribution in [-0.2, 0) is 10.8 Å². The lowest BCUT2D eigenvalue weighted by Crippen LogP contribution is -2.28. The van der Waals surface area contributed by atoms with E-state index in [9.17, 15) is 0 Å². The van der Waals surface area contributed by atoms with Crippen molar-refractivity contribution in [3.63, 3.8) is 0 Å². The normalized spacial score (nSPS) is 12.7. The standard InChI is InChI=1S/C55H37NO.C55H37NS/c1-4-18-38(19-5-1)39-20-14-21-40(36-39)41-22-15-27-44(37-41)56(43-25-8-3-9-26-43)52-35-17-31-48-47-30-16-34-51(53(47)57-54(48)52)55(42-23-6-2-7-24-42)49-32-12-10-28-45(49)46-29-11-13-33-50(46)55;1-4-16-38(17-5-1)40-20-14-24-44(34-40)56(45-25-15-21-41(35-45)39-18-6-2-7-19-39)46-31-32-49-50-36-43(30-33-53(50)57-54(49)37-46)55(42-22-8-3-9-23-42)51-28-12-10-26-47(51)48-27-11-13-29-52(48)55/h2*1-37H. The Morgan fingerprint density at radius 1 is 0.193 bits per heavy atom. The van der Waals surface area contributed by atoms with Gasteiger partial charge in [-0.25, -0.2) is 0 Å². The van der Waals surface area contributed by atoms with Crippen LogP contribution in [0.3, 0.4) is 0 Å². The van der Waals surface area contributed by atoms with Gasteiger partial charge in [-0.05, 0) is 191 Å². The van der Waals surface area contributed by atoms with Gasteiger partial charge in [0.25, 0.3) is 0 Å². The molecule has 0 radical (unpaired) electrons. The first-order valence-electron chi connectivity index (χ1n) is 39.2. The molecule has 22 rings (SSSR count). The molecule has 0 spiro atoms. The number of hydrogen-bond acceptors (Lipinski definition) is 4. The van der Waals surface area contributed by atoms with Crippen molar-refractivity contribution in [2.75, 3.05) is 9.80 Å². The molecule has 3 nitrogen and oxygen atoms in total. The van der Waals surface area contributed by atoms with Crippen LogP contribution in [0.4, 0.5) is 34.1 Å². The van der Waals surface area contributed by atoms with Crippen LogP contribution in [-0.4, -0.2) is 0 Å². The van der Waals surface area contributed by atoms with Crippen LogP contribution in [0.25, 0.3) is 109 Å². The molecule has 0 fully saturated rings. The summed E-state index contributed by atoms with van der Waals surface area (Å²) in [6.07, 6.45) is 0. The molecule has 0 atom stereocenters. The average molecular weight is 1470 g/mol. The van der Waals surface area contributed by atoms with Crippen molar-refractivity contribution in [3.05, 3.63) is 493 Å². The van der Waals surface area contributed by atoms with Crippen LogP contribution in [0.15, 0.2) is 453 Å². The summed E-state index contributed by atoms with van der Waals surface area (Å²) in [4.78, 5) is 4.74. The molecular formula is C110H74N2OS. The SMILES string of the molecule is c1ccc(-c2cccc(-c3cccc(N(c4ccccc4)c4cccc5c4oc4c(C6(c7ccccc7)c7ccccc7-c7ccccc76)cccc45)c3)c2)cc1.c1ccc(-c2cccc(N(c3cccc(-c4ccccc4)c3)c3ccc4c(c3)sc3ccc(C5(c6ccccc6)c6ccccc6-c6ccccc65)cc34)c2)cc1. The van der Waals surface area contributed by atoms with Gasteiger partial charge in [0, 0.05) is 64.9 Å². The Kier molecular flexibility index (Phi) is 16.9. The van der Waals surface area contributed by atoms with E-state index in [1.54, 1.807) is 0 Å². The number of rotatable bonds is 14. The Morgan fingerprint density at radius 2 is 0.553 bits per heavy atom. The number of hydrogen-bond donors (Lipinski definition) is 0. The second-order valence-electron chi connectivity index (χ2n) is 29.7. The second kappa shape index (κ2) is 28.5. The zero-order valence-electron chi connectivity index (χ0n) is 62.4. The summed E-state index contributed by atoms with van der Waals surface area (Å²) in [6, 6.07) is 163. The lowest BCUT2D eigenvalue weighted by atomic mass is 9.67. The Hall–Kier alpha value is -14.4. The van der Waals surface area contributed by atoms with Gasteiger partial charge in [-0.2, -0.15) is 0 Å². The van der Waals surface area contributed by atoms with Gasteiger partial charge in [0.15, 0.2) is 5.58 Å². The molecule has 20 aromatic rings. The van der Waals surface area contributed by atoms with Crippen molar-refractivity contribution >= 4 is 87.6 Å². The van der Waals surface area contributed by atoms with Crippen LogP contribution in [0.5, 0.6) is 0 Å². The monoisotopic (exact) mass is 1470 g/mol. The van der Waals surface area contributed by atoms with E-state index >= 15 is 0 Å². The first kappa shape index (κ1) is 67.7. The number of para-hydroxylation sites is 3. The predicted molar refractivity (Wildman–Crippen MR) is 479 cm³/mol. The summed E-state index contributed by atoms with van der Waals surface area (Å²) in [5.41, 5.74) is 32.0. The minimum atomic E-state index is -0.580. The highest BCUT2D eigenvalue weighted by Gasteiger charge is 2.49. The number of thiophene rings is 1. The molecular weight excluding hydrogens is 1400 g/mol. The Morgan fingerprint density at radius 3 is 1.07 bits per heavy atom. The number of furan rings is 1.